The molecule has 1 N–H and O–H groups in total. The van der Waals surface area contributed by atoms with Crippen LogP contribution in [0.2, 0.25) is 0 Å². The molecule has 0 aliphatic rings. The molecule has 0 radical (unpaired) electrons. The first-order valence-electron chi connectivity index (χ1n) is 6.42. The zero-order valence-electron chi connectivity index (χ0n) is 11.9. The maximum atomic E-state index is 11.1. The van der Waals surface area contributed by atoms with E-state index in [1.807, 2.05) is 0 Å². The lowest BCUT2D eigenvalue weighted by molar-refractivity contribution is -0.140. The summed E-state index contributed by atoms with van der Waals surface area (Å²) in [6.45, 7) is 9.54. The van der Waals surface area contributed by atoms with E-state index in [0.29, 0.717) is 24.4 Å². The monoisotopic (exact) mass is 306 g/mol. The van der Waals surface area contributed by atoms with Crippen molar-refractivity contribution in [2.75, 3.05) is 19.8 Å². The number of carbonyl (C=O) groups is 1. The summed E-state index contributed by atoms with van der Waals surface area (Å²) in [6.07, 6.45) is 3.14. The molecule has 0 aromatic carbocycles. The Labute approximate surface area is 120 Å². The van der Waals surface area contributed by atoms with Gasteiger partial charge in [-0.2, -0.15) is 0 Å². The molecule has 20 heavy (non-hydrogen) atoms. The third kappa shape index (κ3) is 12.0. The third-order valence-electron chi connectivity index (χ3n) is 2.30. The lowest BCUT2D eigenvalue weighted by atomic mass is 10.2. The number of ether oxygens (including phenoxy) is 2. The van der Waals surface area contributed by atoms with E-state index in [1.54, 1.807) is 6.92 Å². The highest BCUT2D eigenvalue weighted by Crippen LogP contribution is 2.16. The lowest BCUT2D eigenvalue weighted by Crippen LogP contribution is -2.10. The number of unbranched alkanes of at least 4 members (excludes halogenated alkanes) is 2. The summed E-state index contributed by atoms with van der Waals surface area (Å²) >= 11 is 0. The van der Waals surface area contributed by atoms with Crippen LogP contribution in [0.15, 0.2) is 24.5 Å². The van der Waals surface area contributed by atoms with Crippen LogP contribution in [-0.4, -0.2) is 30.7 Å². The van der Waals surface area contributed by atoms with Gasteiger partial charge >= 0.3 is 14.2 Å². The maximum absolute atomic E-state index is 11.1. The summed E-state index contributed by atoms with van der Waals surface area (Å²) in [5, 5.41) is 0. The zero-order valence-corrected chi connectivity index (χ0v) is 12.9. The van der Waals surface area contributed by atoms with Crippen LogP contribution >= 0.6 is 8.25 Å². The van der Waals surface area contributed by atoms with Crippen LogP contribution in [0, 0.1) is 0 Å². The minimum absolute atomic E-state index is 0.170. The second-order valence-corrected chi connectivity index (χ2v) is 5.05. The number of rotatable bonds is 12. The van der Waals surface area contributed by atoms with E-state index in [1.165, 1.54) is 0 Å². The van der Waals surface area contributed by atoms with Crippen molar-refractivity contribution in [3.63, 3.8) is 0 Å². The molecule has 0 heterocycles. The van der Waals surface area contributed by atoms with Crippen molar-refractivity contribution < 1.29 is 28.3 Å². The quantitative estimate of drug-likeness (QED) is 0.196. The van der Waals surface area contributed by atoms with Crippen LogP contribution in [0.1, 0.15) is 32.6 Å². The van der Waals surface area contributed by atoms with Crippen LogP contribution in [-0.2, 0) is 23.4 Å². The molecule has 0 aromatic heterocycles. The van der Waals surface area contributed by atoms with Crippen molar-refractivity contribution in [1.29, 1.82) is 0 Å². The van der Waals surface area contributed by atoms with Crippen LogP contribution in [0.3, 0.4) is 0 Å². The first-order valence-corrected chi connectivity index (χ1v) is 7.68. The van der Waals surface area contributed by atoms with Gasteiger partial charge in [-0.15, -0.1) is 0 Å². The third-order valence-corrected chi connectivity index (χ3v) is 2.75. The Bertz CT molecular complexity index is 353. The molecule has 0 aliphatic carbocycles. The Balaban J connectivity index is 3.39. The van der Waals surface area contributed by atoms with E-state index in [9.17, 15) is 9.36 Å². The average molecular weight is 306 g/mol. The van der Waals surface area contributed by atoms with E-state index in [2.05, 4.69) is 17.7 Å². The van der Waals surface area contributed by atoms with Gasteiger partial charge < -0.3 is 18.9 Å². The maximum Gasteiger partial charge on any atom is 0.333 e. The summed E-state index contributed by atoms with van der Waals surface area (Å²) in [4.78, 5) is 19.5. The highest BCUT2D eigenvalue weighted by Gasteiger charge is 2.03. The fourth-order valence-corrected chi connectivity index (χ4v) is 1.60. The SMILES string of the molecule is C=C(CCCCCO[PH](=O)O)OCCOC(=O)C(=C)C. The van der Waals surface area contributed by atoms with E-state index < -0.39 is 14.2 Å². The number of allylic oxidation sites excluding steroid dienone is 1. The Morgan fingerprint density at radius 3 is 2.35 bits per heavy atom. The summed E-state index contributed by atoms with van der Waals surface area (Å²) in [5.41, 5.74) is 0.358. The Morgan fingerprint density at radius 1 is 1.10 bits per heavy atom. The molecule has 116 valence electrons. The molecule has 6 nitrogen and oxygen atoms in total. The van der Waals surface area contributed by atoms with E-state index in [-0.39, 0.29) is 13.2 Å². The van der Waals surface area contributed by atoms with Crippen molar-refractivity contribution in [2.24, 2.45) is 0 Å². The van der Waals surface area contributed by atoms with Gasteiger partial charge in [0.05, 0.1) is 12.4 Å². The topological polar surface area (TPSA) is 82.1 Å². The van der Waals surface area contributed by atoms with Gasteiger partial charge in [-0.05, 0) is 19.8 Å². The molecule has 0 aromatic rings. The zero-order chi connectivity index (χ0) is 15.4. The van der Waals surface area contributed by atoms with Crippen molar-refractivity contribution in [1.82, 2.24) is 0 Å². The minimum Gasteiger partial charge on any atom is -0.495 e. The smallest absolute Gasteiger partial charge is 0.333 e. The van der Waals surface area contributed by atoms with Gasteiger partial charge in [-0.3, -0.25) is 4.57 Å². The highest BCUT2D eigenvalue weighted by atomic mass is 31.1. The normalized spacial score (nSPS) is 11.7. The Kier molecular flexibility index (Phi) is 11.1. The van der Waals surface area contributed by atoms with Crippen molar-refractivity contribution in [3.05, 3.63) is 24.5 Å². The molecule has 1 unspecified atom stereocenters. The van der Waals surface area contributed by atoms with Crippen molar-refractivity contribution in [3.8, 4) is 0 Å². The fraction of sp³-hybridized carbons (Fsp3) is 0.615. The molecule has 0 saturated carbocycles. The van der Waals surface area contributed by atoms with Crippen LogP contribution in [0.4, 0.5) is 0 Å². The molecule has 0 saturated heterocycles. The fourth-order valence-electron chi connectivity index (χ4n) is 1.28. The van der Waals surface area contributed by atoms with Gasteiger partial charge in [-0.1, -0.05) is 19.6 Å². The van der Waals surface area contributed by atoms with Gasteiger partial charge in [0.2, 0.25) is 0 Å². The molecule has 0 rings (SSSR count). The second-order valence-electron chi connectivity index (χ2n) is 4.23. The number of carbonyl (C=O) groups excluding carboxylic acids is 1. The van der Waals surface area contributed by atoms with Crippen LogP contribution in [0.25, 0.3) is 0 Å². The predicted molar refractivity (Wildman–Crippen MR) is 76.5 cm³/mol. The Morgan fingerprint density at radius 2 is 1.75 bits per heavy atom. The van der Waals surface area contributed by atoms with Gasteiger partial charge in [0.1, 0.15) is 13.2 Å². The van der Waals surface area contributed by atoms with E-state index >= 15 is 0 Å². The molecule has 0 aliphatic heterocycles. The number of hydrogen-bond acceptors (Lipinski definition) is 5. The first kappa shape index (κ1) is 18.9. The first-order chi connectivity index (χ1) is 9.43. The highest BCUT2D eigenvalue weighted by molar-refractivity contribution is 7.32. The summed E-state index contributed by atoms with van der Waals surface area (Å²) < 4.78 is 25.0. The molecule has 1 atom stereocenters. The standard InChI is InChI=1S/C13H23O6P/c1-11(2)13(14)18-10-9-17-12(3)7-5-4-6-8-19-20(15)16/h20H,1,3-10H2,2H3,(H,15,16). The number of hydrogen-bond donors (Lipinski definition) is 1. The molecule has 0 amide bonds. The molecular formula is C13H23O6P. The molecule has 0 bridgehead atoms. The van der Waals surface area contributed by atoms with E-state index in [0.717, 1.165) is 19.3 Å². The van der Waals surface area contributed by atoms with Gasteiger partial charge in [0, 0.05) is 12.0 Å². The minimum atomic E-state index is -2.81. The van der Waals surface area contributed by atoms with Crippen LogP contribution in [0.5, 0.6) is 0 Å². The molecule has 7 heteroatoms. The van der Waals surface area contributed by atoms with E-state index in [4.69, 9.17) is 14.4 Å². The largest absolute Gasteiger partial charge is 0.495 e. The summed E-state index contributed by atoms with van der Waals surface area (Å²) in [6, 6.07) is 0. The average Bonchev–Trinajstić information content (AvgIpc) is 2.37. The van der Waals surface area contributed by atoms with Gasteiger partial charge in [0.25, 0.3) is 0 Å². The van der Waals surface area contributed by atoms with Crippen molar-refractivity contribution >= 4 is 14.2 Å². The van der Waals surface area contributed by atoms with Gasteiger partial charge in [0.15, 0.2) is 0 Å². The lowest BCUT2D eigenvalue weighted by Gasteiger charge is -2.09. The molecular weight excluding hydrogens is 283 g/mol. The Hall–Kier alpha value is -1.10. The van der Waals surface area contributed by atoms with Crippen LogP contribution < -0.4 is 0 Å². The number of esters is 1. The summed E-state index contributed by atoms with van der Waals surface area (Å²) in [5.74, 6) is 0.204. The molecule has 0 spiro atoms. The van der Waals surface area contributed by atoms with Crippen molar-refractivity contribution in [2.45, 2.75) is 32.6 Å². The molecule has 0 fully saturated rings. The second kappa shape index (κ2) is 11.7. The predicted octanol–water partition coefficient (Wildman–Crippen LogP) is 2.60. The summed E-state index contributed by atoms with van der Waals surface area (Å²) in [7, 11) is -2.81. The van der Waals surface area contributed by atoms with Gasteiger partial charge in [-0.25, -0.2) is 4.79 Å².